The van der Waals surface area contributed by atoms with Crippen molar-refractivity contribution in [2.45, 2.75) is 25.8 Å². The Labute approximate surface area is 127 Å². The minimum absolute atomic E-state index is 0.187. The molecule has 0 saturated carbocycles. The van der Waals surface area contributed by atoms with E-state index in [2.05, 4.69) is 4.98 Å². The van der Waals surface area contributed by atoms with Gasteiger partial charge in [-0.25, -0.2) is 9.78 Å². The third-order valence-corrected chi connectivity index (χ3v) is 3.82. The third kappa shape index (κ3) is 2.47. The molecule has 1 aromatic carbocycles. The summed E-state index contributed by atoms with van der Waals surface area (Å²) in [4.78, 5) is 29.4. The molecule has 0 bridgehead atoms. The second-order valence-corrected chi connectivity index (χ2v) is 5.28. The standard InChI is InChI=1S/C16H16N2O4/c1-10-13(15(19)18-9-5-8-12(18)16(20)21)17-14(22-10)11-6-3-2-4-7-11/h2-4,6-7,12H,5,8-9H2,1H3,(H,20,21)/t12-/m1/s1. The quantitative estimate of drug-likeness (QED) is 0.940. The molecule has 0 radical (unpaired) electrons. The number of amides is 1. The van der Waals surface area contributed by atoms with Crippen LogP contribution in [-0.2, 0) is 4.79 Å². The van der Waals surface area contributed by atoms with E-state index in [1.54, 1.807) is 6.92 Å². The van der Waals surface area contributed by atoms with Crippen LogP contribution in [-0.4, -0.2) is 39.5 Å². The van der Waals surface area contributed by atoms with E-state index in [-0.39, 0.29) is 11.6 Å². The van der Waals surface area contributed by atoms with Crippen molar-refractivity contribution in [3.05, 3.63) is 41.8 Å². The van der Waals surface area contributed by atoms with Crippen molar-refractivity contribution in [3.8, 4) is 11.5 Å². The van der Waals surface area contributed by atoms with Crippen molar-refractivity contribution in [1.82, 2.24) is 9.88 Å². The predicted octanol–water partition coefficient (Wildman–Crippen LogP) is 2.34. The lowest BCUT2D eigenvalue weighted by Crippen LogP contribution is -2.40. The lowest BCUT2D eigenvalue weighted by molar-refractivity contribution is -0.141. The van der Waals surface area contributed by atoms with Gasteiger partial charge >= 0.3 is 5.97 Å². The first kappa shape index (κ1) is 14.3. The van der Waals surface area contributed by atoms with Gasteiger partial charge in [-0.1, -0.05) is 18.2 Å². The van der Waals surface area contributed by atoms with E-state index in [4.69, 9.17) is 4.42 Å². The molecule has 1 aliphatic heterocycles. The molecule has 22 heavy (non-hydrogen) atoms. The van der Waals surface area contributed by atoms with E-state index < -0.39 is 12.0 Å². The number of hydrogen-bond acceptors (Lipinski definition) is 4. The molecule has 0 aliphatic carbocycles. The zero-order chi connectivity index (χ0) is 15.7. The first-order valence-electron chi connectivity index (χ1n) is 7.14. The summed E-state index contributed by atoms with van der Waals surface area (Å²) in [6.07, 6.45) is 1.16. The predicted molar refractivity (Wildman–Crippen MR) is 78.4 cm³/mol. The highest BCUT2D eigenvalue weighted by Crippen LogP contribution is 2.25. The molecule has 1 atom stereocenters. The van der Waals surface area contributed by atoms with Gasteiger partial charge in [0.25, 0.3) is 5.91 Å². The van der Waals surface area contributed by atoms with E-state index in [9.17, 15) is 14.7 Å². The number of aryl methyl sites for hydroxylation is 1. The number of aliphatic carboxylic acids is 1. The van der Waals surface area contributed by atoms with Crippen LogP contribution < -0.4 is 0 Å². The van der Waals surface area contributed by atoms with E-state index in [1.807, 2.05) is 30.3 Å². The number of carboxylic acids is 1. The average molecular weight is 300 g/mol. The molecule has 6 nitrogen and oxygen atoms in total. The molecule has 1 amide bonds. The number of nitrogens with zero attached hydrogens (tertiary/aromatic N) is 2. The van der Waals surface area contributed by atoms with Crippen LogP contribution >= 0.6 is 0 Å². The Morgan fingerprint density at radius 3 is 2.73 bits per heavy atom. The fourth-order valence-electron chi connectivity index (χ4n) is 2.70. The average Bonchev–Trinajstić information content (AvgIpc) is 3.14. The van der Waals surface area contributed by atoms with Gasteiger partial charge in [-0.3, -0.25) is 4.79 Å². The number of carbonyl (C=O) groups excluding carboxylic acids is 1. The smallest absolute Gasteiger partial charge is 0.326 e. The van der Waals surface area contributed by atoms with Gasteiger partial charge in [0.05, 0.1) is 0 Å². The molecule has 1 saturated heterocycles. The molecule has 3 rings (SSSR count). The number of likely N-dealkylation sites (tertiary alicyclic amines) is 1. The van der Waals surface area contributed by atoms with E-state index >= 15 is 0 Å². The Hall–Kier alpha value is -2.63. The lowest BCUT2D eigenvalue weighted by Gasteiger charge is -2.20. The highest BCUT2D eigenvalue weighted by molar-refractivity contribution is 5.96. The second-order valence-electron chi connectivity index (χ2n) is 5.28. The first-order chi connectivity index (χ1) is 10.6. The maximum Gasteiger partial charge on any atom is 0.326 e. The number of benzene rings is 1. The highest BCUT2D eigenvalue weighted by Gasteiger charge is 2.36. The molecule has 0 spiro atoms. The lowest BCUT2D eigenvalue weighted by atomic mass is 10.2. The molecular formula is C16H16N2O4. The fourth-order valence-corrected chi connectivity index (χ4v) is 2.70. The van der Waals surface area contributed by atoms with E-state index in [1.165, 1.54) is 4.90 Å². The van der Waals surface area contributed by atoms with Crippen LogP contribution in [0.3, 0.4) is 0 Å². The molecule has 6 heteroatoms. The van der Waals surface area contributed by atoms with E-state index in [0.29, 0.717) is 31.0 Å². The second kappa shape index (κ2) is 5.63. The number of rotatable bonds is 3. The van der Waals surface area contributed by atoms with Gasteiger partial charge < -0.3 is 14.4 Å². The van der Waals surface area contributed by atoms with Crippen LogP contribution in [0, 0.1) is 6.92 Å². The van der Waals surface area contributed by atoms with E-state index in [0.717, 1.165) is 5.56 Å². The first-order valence-corrected chi connectivity index (χ1v) is 7.14. The SMILES string of the molecule is Cc1oc(-c2ccccc2)nc1C(=O)N1CCC[C@@H]1C(=O)O. The number of oxazole rings is 1. The topological polar surface area (TPSA) is 83.6 Å². The normalized spacial score (nSPS) is 17.7. The molecule has 1 aliphatic rings. The Morgan fingerprint density at radius 2 is 2.05 bits per heavy atom. The zero-order valence-electron chi connectivity index (χ0n) is 12.2. The Morgan fingerprint density at radius 1 is 1.32 bits per heavy atom. The van der Waals surface area contributed by atoms with Crippen molar-refractivity contribution in [2.75, 3.05) is 6.54 Å². The van der Waals surface area contributed by atoms with Crippen LogP contribution in [0.4, 0.5) is 0 Å². The summed E-state index contributed by atoms with van der Waals surface area (Å²) in [5.41, 5.74) is 0.966. The van der Waals surface area contributed by atoms with Crippen molar-refractivity contribution in [3.63, 3.8) is 0 Å². The Balaban J connectivity index is 1.91. The number of carboxylic acid groups (broad SMARTS) is 1. The van der Waals surface area contributed by atoms with Gasteiger partial charge in [0, 0.05) is 12.1 Å². The number of aromatic nitrogens is 1. The number of carbonyl (C=O) groups is 2. The third-order valence-electron chi connectivity index (χ3n) is 3.82. The highest BCUT2D eigenvalue weighted by atomic mass is 16.4. The van der Waals surface area contributed by atoms with Gasteiger partial charge in [-0.2, -0.15) is 0 Å². The molecule has 0 unspecified atom stereocenters. The van der Waals surface area contributed by atoms with Gasteiger partial charge in [0.15, 0.2) is 5.69 Å². The van der Waals surface area contributed by atoms with Gasteiger partial charge in [-0.15, -0.1) is 0 Å². The van der Waals surface area contributed by atoms with Gasteiger partial charge in [-0.05, 0) is 31.9 Å². The maximum absolute atomic E-state index is 12.6. The van der Waals surface area contributed by atoms with Crippen molar-refractivity contribution in [2.24, 2.45) is 0 Å². The molecular weight excluding hydrogens is 284 g/mol. The summed E-state index contributed by atoms with van der Waals surface area (Å²) in [7, 11) is 0. The molecule has 2 heterocycles. The monoisotopic (exact) mass is 300 g/mol. The maximum atomic E-state index is 12.6. The zero-order valence-corrected chi connectivity index (χ0v) is 12.2. The largest absolute Gasteiger partial charge is 0.480 e. The molecule has 1 fully saturated rings. The van der Waals surface area contributed by atoms with Crippen LogP contribution in [0.25, 0.3) is 11.5 Å². The molecule has 2 aromatic rings. The van der Waals surface area contributed by atoms with Crippen LogP contribution in [0.2, 0.25) is 0 Å². The molecule has 1 aromatic heterocycles. The molecule has 114 valence electrons. The molecule has 1 N–H and O–H groups in total. The summed E-state index contributed by atoms with van der Waals surface area (Å²) < 4.78 is 5.57. The number of hydrogen-bond donors (Lipinski definition) is 1. The fraction of sp³-hybridized carbons (Fsp3) is 0.312. The summed E-state index contributed by atoms with van der Waals surface area (Å²) in [5, 5.41) is 9.19. The van der Waals surface area contributed by atoms with Crippen LogP contribution in [0.5, 0.6) is 0 Å². The summed E-state index contributed by atoms with van der Waals surface area (Å²) in [6, 6.07) is 8.51. The Kier molecular flexibility index (Phi) is 3.66. The minimum atomic E-state index is -0.977. The summed E-state index contributed by atoms with van der Waals surface area (Å²) >= 11 is 0. The Bertz CT molecular complexity index is 708. The minimum Gasteiger partial charge on any atom is -0.480 e. The van der Waals surface area contributed by atoms with Crippen LogP contribution in [0.15, 0.2) is 34.7 Å². The van der Waals surface area contributed by atoms with Gasteiger partial charge in [0.1, 0.15) is 11.8 Å². The van der Waals surface area contributed by atoms with Crippen molar-refractivity contribution >= 4 is 11.9 Å². The van der Waals surface area contributed by atoms with Gasteiger partial charge in [0.2, 0.25) is 5.89 Å². The van der Waals surface area contributed by atoms with Crippen LogP contribution in [0.1, 0.15) is 29.1 Å². The summed E-state index contributed by atoms with van der Waals surface area (Å²) in [5.74, 6) is -0.587. The summed E-state index contributed by atoms with van der Waals surface area (Å²) in [6.45, 7) is 2.10. The van der Waals surface area contributed by atoms with Crippen molar-refractivity contribution < 1.29 is 19.1 Å². The van der Waals surface area contributed by atoms with Crippen molar-refractivity contribution in [1.29, 1.82) is 0 Å².